The van der Waals surface area contributed by atoms with Crippen LogP contribution in [-0.4, -0.2) is 45.1 Å². The second kappa shape index (κ2) is 7.81. The highest BCUT2D eigenvalue weighted by Crippen LogP contribution is 2.28. The molecule has 5 nitrogen and oxygen atoms in total. The molecule has 0 bridgehead atoms. The fraction of sp³-hybridized carbons (Fsp3) is 0.467. The van der Waals surface area contributed by atoms with Crippen molar-refractivity contribution in [3.05, 3.63) is 40.1 Å². The molecule has 1 saturated heterocycles. The van der Waals surface area contributed by atoms with E-state index in [9.17, 15) is 0 Å². The van der Waals surface area contributed by atoms with Gasteiger partial charge < -0.3 is 5.32 Å². The molecular weight excluding hydrogens is 357 g/mol. The first-order valence-electron chi connectivity index (χ1n) is 7.37. The minimum atomic E-state index is 0. The van der Waals surface area contributed by atoms with Gasteiger partial charge in [0.1, 0.15) is 0 Å². The molecule has 23 heavy (non-hydrogen) atoms. The summed E-state index contributed by atoms with van der Waals surface area (Å²) in [5, 5.41) is 12.9. The molecule has 1 aromatic heterocycles. The molecule has 2 atom stereocenters. The molecule has 2 unspecified atom stereocenters. The predicted molar refractivity (Wildman–Crippen MR) is 96.0 cm³/mol. The van der Waals surface area contributed by atoms with Gasteiger partial charge in [0.25, 0.3) is 0 Å². The summed E-state index contributed by atoms with van der Waals surface area (Å²) in [6.07, 6.45) is 1.91. The predicted octanol–water partition coefficient (Wildman–Crippen LogP) is 3.18. The Labute approximate surface area is 152 Å². The van der Waals surface area contributed by atoms with Gasteiger partial charge in [-0.15, -0.1) is 17.5 Å². The second-order valence-electron chi connectivity index (χ2n) is 5.82. The van der Waals surface area contributed by atoms with Gasteiger partial charge in [-0.1, -0.05) is 34.5 Å². The maximum Gasteiger partial charge on any atom is 0.0971 e. The third-order valence-corrected chi connectivity index (χ3v) is 4.79. The van der Waals surface area contributed by atoms with E-state index < -0.39 is 0 Å². The average molecular weight is 377 g/mol. The van der Waals surface area contributed by atoms with E-state index in [0.29, 0.717) is 22.1 Å². The van der Waals surface area contributed by atoms with Crippen LogP contribution in [0, 0.1) is 0 Å². The van der Waals surface area contributed by atoms with Crippen LogP contribution in [0.1, 0.15) is 19.5 Å². The van der Waals surface area contributed by atoms with Crippen LogP contribution in [0.5, 0.6) is 0 Å². The summed E-state index contributed by atoms with van der Waals surface area (Å²) < 4.78 is 1.68. The van der Waals surface area contributed by atoms with Crippen LogP contribution in [0.15, 0.2) is 24.4 Å². The minimum absolute atomic E-state index is 0. The molecule has 1 aliphatic heterocycles. The van der Waals surface area contributed by atoms with E-state index in [0.717, 1.165) is 31.0 Å². The van der Waals surface area contributed by atoms with Crippen LogP contribution in [0.25, 0.3) is 5.69 Å². The van der Waals surface area contributed by atoms with Crippen molar-refractivity contribution in [1.29, 1.82) is 0 Å². The lowest BCUT2D eigenvalue weighted by Crippen LogP contribution is -2.53. The number of nitrogens with zero attached hydrogens (tertiary/aromatic N) is 4. The van der Waals surface area contributed by atoms with Gasteiger partial charge >= 0.3 is 0 Å². The number of piperazine rings is 1. The van der Waals surface area contributed by atoms with Crippen molar-refractivity contribution in [2.24, 2.45) is 0 Å². The molecule has 0 amide bonds. The van der Waals surface area contributed by atoms with Crippen molar-refractivity contribution in [2.45, 2.75) is 32.5 Å². The first kappa shape index (κ1) is 18.5. The maximum absolute atomic E-state index is 6.23. The summed E-state index contributed by atoms with van der Waals surface area (Å²) in [4.78, 5) is 2.41. The quantitative estimate of drug-likeness (QED) is 0.893. The summed E-state index contributed by atoms with van der Waals surface area (Å²) in [7, 11) is 0. The molecule has 3 rings (SSSR count). The highest BCUT2D eigenvalue weighted by Gasteiger charge is 2.23. The molecule has 0 spiro atoms. The van der Waals surface area contributed by atoms with E-state index in [2.05, 4.69) is 34.4 Å². The fourth-order valence-electron chi connectivity index (χ4n) is 2.68. The van der Waals surface area contributed by atoms with E-state index >= 15 is 0 Å². The van der Waals surface area contributed by atoms with Gasteiger partial charge in [0.05, 0.1) is 27.6 Å². The van der Waals surface area contributed by atoms with Gasteiger partial charge in [-0.3, -0.25) is 4.90 Å². The van der Waals surface area contributed by atoms with Crippen LogP contribution in [0.2, 0.25) is 10.0 Å². The monoisotopic (exact) mass is 375 g/mol. The molecule has 1 aliphatic rings. The number of aromatic nitrogens is 3. The van der Waals surface area contributed by atoms with Crippen LogP contribution >= 0.6 is 35.6 Å². The van der Waals surface area contributed by atoms with E-state index in [-0.39, 0.29) is 12.4 Å². The minimum Gasteiger partial charge on any atom is -0.311 e. The first-order valence-corrected chi connectivity index (χ1v) is 8.13. The summed E-state index contributed by atoms with van der Waals surface area (Å²) in [5.41, 5.74) is 1.67. The lowest BCUT2D eigenvalue weighted by molar-refractivity contribution is 0.137. The number of rotatable bonds is 3. The molecule has 2 aromatic rings. The van der Waals surface area contributed by atoms with Crippen molar-refractivity contribution >= 4 is 35.6 Å². The van der Waals surface area contributed by atoms with Gasteiger partial charge in [0, 0.05) is 31.7 Å². The summed E-state index contributed by atoms with van der Waals surface area (Å²) in [5.74, 6) is 0. The van der Waals surface area contributed by atoms with Gasteiger partial charge in [-0.25, -0.2) is 4.68 Å². The van der Waals surface area contributed by atoms with Crippen molar-refractivity contribution in [2.75, 3.05) is 13.1 Å². The topological polar surface area (TPSA) is 46.0 Å². The molecule has 2 heterocycles. The molecule has 8 heteroatoms. The zero-order valence-corrected chi connectivity index (χ0v) is 15.4. The Bertz CT molecular complexity index is 660. The Balaban J connectivity index is 0.00000192. The van der Waals surface area contributed by atoms with Crippen molar-refractivity contribution in [3.63, 3.8) is 0 Å². The summed E-state index contributed by atoms with van der Waals surface area (Å²) in [6, 6.07) is 6.46. The lowest BCUT2D eigenvalue weighted by Gasteiger charge is -2.36. The molecular formula is C15H20Cl3N5. The zero-order valence-electron chi connectivity index (χ0n) is 13.0. The number of nitrogens with one attached hydrogen (secondary N) is 1. The third-order valence-electron chi connectivity index (χ3n) is 3.98. The van der Waals surface area contributed by atoms with Crippen molar-refractivity contribution in [3.8, 4) is 5.69 Å². The Morgan fingerprint density at radius 1 is 1.30 bits per heavy atom. The number of hydrogen-bond donors (Lipinski definition) is 1. The van der Waals surface area contributed by atoms with Crippen LogP contribution in [0.3, 0.4) is 0 Å². The molecule has 126 valence electrons. The molecule has 0 saturated carbocycles. The molecule has 0 aliphatic carbocycles. The fourth-order valence-corrected chi connectivity index (χ4v) is 3.07. The van der Waals surface area contributed by atoms with Crippen LogP contribution in [-0.2, 0) is 6.54 Å². The lowest BCUT2D eigenvalue weighted by atomic mass is 10.1. The molecule has 1 aromatic carbocycles. The van der Waals surface area contributed by atoms with Gasteiger partial charge in [-0.2, -0.15) is 0 Å². The van der Waals surface area contributed by atoms with Crippen molar-refractivity contribution < 1.29 is 0 Å². The average Bonchev–Trinajstić information content (AvgIpc) is 2.94. The number of halogens is 3. The van der Waals surface area contributed by atoms with E-state index in [1.165, 1.54) is 0 Å². The Morgan fingerprint density at radius 3 is 2.87 bits per heavy atom. The smallest absolute Gasteiger partial charge is 0.0971 e. The van der Waals surface area contributed by atoms with Gasteiger partial charge in [0.15, 0.2) is 0 Å². The van der Waals surface area contributed by atoms with E-state index in [4.69, 9.17) is 23.2 Å². The Hall–Kier alpha value is -0.850. The van der Waals surface area contributed by atoms with Gasteiger partial charge in [0.2, 0.25) is 0 Å². The normalized spacial score (nSPS) is 21.9. The highest BCUT2D eigenvalue weighted by molar-refractivity contribution is 6.43. The number of benzene rings is 1. The molecule has 1 fully saturated rings. The Kier molecular flexibility index (Phi) is 6.28. The molecule has 0 radical (unpaired) electrons. The van der Waals surface area contributed by atoms with E-state index in [1.807, 2.05) is 18.3 Å². The third kappa shape index (κ3) is 4.17. The second-order valence-corrected chi connectivity index (χ2v) is 6.60. The summed E-state index contributed by atoms with van der Waals surface area (Å²) in [6.45, 7) is 7.20. The standard InChI is InChI=1S/C15H19Cl2N5.ClH/c1-10-7-21(11(2)6-18-10)8-12-9-22(20-19-12)14-5-3-4-13(16)15(14)17;/h3-5,9-11,18H,6-8H2,1-2H3;1H. The SMILES string of the molecule is CC1CN(Cc2cn(-c3cccc(Cl)c3Cl)nn2)C(C)CN1.Cl. The van der Waals surface area contributed by atoms with Crippen molar-refractivity contribution in [1.82, 2.24) is 25.2 Å². The zero-order chi connectivity index (χ0) is 15.7. The van der Waals surface area contributed by atoms with Crippen LogP contribution < -0.4 is 5.32 Å². The number of hydrogen-bond acceptors (Lipinski definition) is 4. The maximum atomic E-state index is 6.23. The van der Waals surface area contributed by atoms with Crippen LogP contribution in [0.4, 0.5) is 0 Å². The van der Waals surface area contributed by atoms with Gasteiger partial charge in [-0.05, 0) is 26.0 Å². The molecule has 1 N–H and O–H groups in total. The summed E-state index contributed by atoms with van der Waals surface area (Å²) >= 11 is 12.3. The highest BCUT2D eigenvalue weighted by atomic mass is 35.5. The Morgan fingerprint density at radius 2 is 2.09 bits per heavy atom. The van der Waals surface area contributed by atoms with E-state index in [1.54, 1.807) is 10.7 Å². The first-order chi connectivity index (χ1) is 10.5. The largest absolute Gasteiger partial charge is 0.311 e.